The normalized spacial score (nSPS) is 11.5. The van der Waals surface area contributed by atoms with Gasteiger partial charge in [0.05, 0.1) is 0 Å². The van der Waals surface area contributed by atoms with Crippen LogP contribution in [-0.4, -0.2) is 21.1 Å². The molecule has 0 aliphatic heterocycles. The number of alkyl halides is 3. The summed E-state index contributed by atoms with van der Waals surface area (Å²) in [5.41, 5.74) is 0.625. The van der Waals surface area contributed by atoms with Crippen LogP contribution < -0.4 is 4.74 Å². The lowest BCUT2D eigenvalue weighted by atomic mass is 10.2. The Bertz CT molecular complexity index is 504. The van der Waals surface area contributed by atoms with Gasteiger partial charge in [-0.25, -0.2) is 4.98 Å². The summed E-state index contributed by atoms with van der Waals surface area (Å²) in [6.07, 6.45) is -3.17. The Morgan fingerprint density at radius 1 is 1.18 bits per heavy atom. The number of halogens is 3. The summed E-state index contributed by atoms with van der Waals surface area (Å²) in [6.45, 7) is 0. The van der Waals surface area contributed by atoms with E-state index < -0.39 is 6.36 Å². The topological polar surface area (TPSA) is 39.9 Å². The Morgan fingerprint density at radius 3 is 2.29 bits per heavy atom. The van der Waals surface area contributed by atoms with Crippen molar-refractivity contribution < 1.29 is 17.9 Å². The average Bonchev–Trinajstić information content (AvgIpc) is 2.63. The molecule has 0 fully saturated rings. The highest BCUT2D eigenvalue weighted by molar-refractivity contribution is 5.55. The molecule has 17 heavy (non-hydrogen) atoms. The standard InChI is InChI=1S/C10H8F3N3O/c1-16-6-14-9(15-16)7-2-4-8(5-3-7)17-10(11,12)13/h2-6H,1H3. The van der Waals surface area contributed by atoms with Gasteiger partial charge in [-0.15, -0.1) is 13.2 Å². The van der Waals surface area contributed by atoms with Gasteiger partial charge in [-0.1, -0.05) is 0 Å². The molecule has 90 valence electrons. The van der Waals surface area contributed by atoms with Crippen LogP contribution in [0.4, 0.5) is 13.2 Å². The predicted molar refractivity (Wildman–Crippen MR) is 53.1 cm³/mol. The van der Waals surface area contributed by atoms with E-state index in [0.717, 1.165) is 0 Å². The molecule has 7 heteroatoms. The summed E-state index contributed by atoms with van der Waals surface area (Å²) in [6, 6.07) is 5.38. The van der Waals surface area contributed by atoms with Crippen LogP contribution in [-0.2, 0) is 7.05 Å². The van der Waals surface area contributed by atoms with Crippen LogP contribution in [0.25, 0.3) is 11.4 Å². The maximum Gasteiger partial charge on any atom is 0.573 e. The molecule has 0 unspecified atom stereocenters. The minimum atomic E-state index is -4.68. The lowest BCUT2D eigenvalue weighted by Crippen LogP contribution is -2.16. The van der Waals surface area contributed by atoms with Gasteiger partial charge in [0.25, 0.3) is 0 Å². The Kier molecular flexibility index (Phi) is 2.74. The van der Waals surface area contributed by atoms with Crippen LogP contribution in [0, 0.1) is 0 Å². The molecule has 4 nitrogen and oxygen atoms in total. The molecule has 1 heterocycles. The highest BCUT2D eigenvalue weighted by atomic mass is 19.4. The van der Waals surface area contributed by atoms with Gasteiger partial charge in [0.1, 0.15) is 12.1 Å². The van der Waals surface area contributed by atoms with Crippen LogP contribution >= 0.6 is 0 Å². The van der Waals surface area contributed by atoms with Gasteiger partial charge in [0.2, 0.25) is 0 Å². The van der Waals surface area contributed by atoms with Crippen molar-refractivity contribution in [3.63, 3.8) is 0 Å². The fourth-order valence-electron chi connectivity index (χ4n) is 1.28. The van der Waals surface area contributed by atoms with Gasteiger partial charge in [0, 0.05) is 12.6 Å². The summed E-state index contributed by atoms with van der Waals surface area (Å²) in [5, 5.41) is 4.03. The fraction of sp³-hybridized carbons (Fsp3) is 0.200. The fourth-order valence-corrected chi connectivity index (χ4v) is 1.28. The van der Waals surface area contributed by atoms with Crippen molar-refractivity contribution in [3.8, 4) is 17.1 Å². The Hall–Kier alpha value is -2.05. The summed E-state index contributed by atoms with van der Waals surface area (Å²) in [4.78, 5) is 3.98. The van der Waals surface area contributed by atoms with Gasteiger partial charge >= 0.3 is 6.36 Å². The van der Waals surface area contributed by atoms with Gasteiger partial charge in [-0.2, -0.15) is 5.10 Å². The molecule has 0 bridgehead atoms. The molecule has 0 atom stereocenters. The molecule has 0 radical (unpaired) electrons. The molecule has 1 aromatic carbocycles. The third-order valence-electron chi connectivity index (χ3n) is 1.95. The molecule has 0 spiro atoms. The minimum absolute atomic E-state index is 0.266. The van der Waals surface area contributed by atoms with Crippen molar-refractivity contribution in [3.05, 3.63) is 30.6 Å². The number of aromatic nitrogens is 3. The molecule has 0 N–H and O–H groups in total. The number of ether oxygens (including phenoxy) is 1. The van der Waals surface area contributed by atoms with Crippen molar-refractivity contribution in [2.45, 2.75) is 6.36 Å². The molecule has 1 aromatic heterocycles. The van der Waals surface area contributed by atoms with Gasteiger partial charge in [-0.3, -0.25) is 4.68 Å². The Balaban J connectivity index is 2.19. The lowest BCUT2D eigenvalue weighted by molar-refractivity contribution is -0.274. The Morgan fingerprint density at radius 2 is 1.82 bits per heavy atom. The summed E-state index contributed by atoms with van der Waals surface area (Å²) in [7, 11) is 1.71. The number of aryl methyl sites for hydroxylation is 1. The van der Waals surface area contributed by atoms with E-state index in [0.29, 0.717) is 11.4 Å². The molecule has 0 saturated carbocycles. The maximum absolute atomic E-state index is 11.9. The highest BCUT2D eigenvalue weighted by Crippen LogP contribution is 2.24. The quantitative estimate of drug-likeness (QED) is 0.813. The van der Waals surface area contributed by atoms with Crippen LogP contribution in [0.2, 0.25) is 0 Å². The van der Waals surface area contributed by atoms with E-state index >= 15 is 0 Å². The van der Waals surface area contributed by atoms with Crippen molar-refractivity contribution in [1.82, 2.24) is 14.8 Å². The number of rotatable bonds is 2. The largest absolute Gasteiger partial charge is 0.573 e. The first-order valence-electron chi connectivity index (χ1n) is 4.66. The third kappa shape index (κ3) is 2.96. The zero-order valence-corrected chi connectivity index (χ0v) is 8.77. The molecule has 0 saturated heterocycles. The summed E-state index contributed by atoms with van der Waals surface area (Å²) >= 11 is 0. The predicted octanol–water partition coefficient (Wildman–Crippen LogP) is 2.38. The minimum Gasteiger partial charge on any atom is -0.406 e. The monoisotopic (exact) mass is 243 g/mol. The van der Waals surface area contributed by atoms with E-state index in [1.807, 2.05) is 0 Å². The van der Waals surface area contributed by atoms with Gasteiger partial charge < -0.3 is 4.74 Å². The second-order valence-corrected chi connectivity index (χ2v) is 3.31. The van der Waals surface area contributed by atoms with Gasteiger partial charge in [0.15, 0.2) is 5.82 Å². The molecule has 2 aromatic rings. The van der Waals surface area contributed by atoms with Gasteiger partial charge in [-0.05, 0) is 24.3 Å². The first-order valence-corrected chi connectivity index (χ1v) is 4.66. The maximum atomic E-state index is 11.9. The number of benzene rings is 1. The summed E-state index contributed by atoms with van der Waals surface area (Å²) in [5.74, 6) is 0.184. The molecular weight excluding hydrogens is 235 g/mol. The van der Waals surface area contributed by atoms with E-state index in [2.05, 4.69) is 14.8 Å². The van der Waals surface area contributed by atoms with E-state index in [4.69, 9.17) is 0 Å². The number of nitrogens with zero attached hydrogens (tertiary/aromatic N) is 3. The van der Waals surface area contributed by atoms with Crippen LogP contribution in [0.1, 0.15) is 0 Å². The average molecular weight is 243 g/mol. The third-order valence-corrected chi connectivity index (χ3v) is 1.95. The van der Waals surface area contributed by atoms with E-state index in [1.165, 1.54) is 35.3 Å². The highest BCUT2D eigenvalue weighted by Gasteiger charge is 2.30. The first kappa shape index (κ1) is 11.4. The molecule has 0 aliphatic carbocycles. The zero-order chi connectivity index (χ0) is 12.5. The molecular formula is C10H8F3N3O. The summed E-state index contributed by atoms with van der Waals surface area (Å²) < 4.78 is 41.0. The Labute approximate surface area is 94.7 Å². The van der Waals surface area contributed by atoms with Crippen LogP contribution in [0.3, 0.4) is 0 Å². The lowest BCUT2D eigenvalue weighted by Gasteiger charge is -2.08. The second-order valence-electron chi connectivity index (χ2n) is 3.31. The second kappa shape index (κ2) is 4.08. The van der Waals surface area contributed by atoms with Crippen molar-refractivity contribution in [2.75, 3.05) is 0 Å². The van der Waals surface area contributed by atoms with E-state index in [1.54, 1.807) is 7.05 Å². The van der Waals surface area contributed by atoms with E-state index in [9.17, 15) is 13.2 Å². The first-order chi connectivity index (χ1) is 7.94. The van der Waals surface area contributed by atoms with Crippen LogP contribution in [0.15, 0.2) is 30.6 Å². The van der Waals surface area contributed by atoms with Crippen molar-refractivity contribution in [2.24, 2.45) is 7.05 Å². The molecule has 0 aliphatic rings. The number of hydrogen-bond acceptors (Lipinski definition) is 3. The molecule has 0 amide bonds. The SMILES string of the molecule is Cn1cnc(-c2ccc(OC(F)(F)F)cc2)n1. The molecule has 2 rings (SSSR count). The van der Waals surface area contributed by atoms with Crippen molar-refractivity contribution >= 4 is 0 Å². The zero-order valence-electron chi connectivity index (χ0n) is 8.77. The number of hydrogen-bond donors (Lipinski definition) is 0. The van der Waals surface area contributed by atoms with Crippen LogP contribution in [0.5, 0.6) is 5.75 Å². The smallest absolute Gasteiger partial charge is 0.406 e. The van der Waals surface area contributed by atoms with Crippen molar-refractivity contribution in [1.29, 1.82) is 0 Å². The van der Waals surface area contributed by atoms with E-state index in [-0.39, 0.29) is 5.75 Å².